The van der Waals surface area contributed by atoms with E-state index in [1.165, 1.54) is 23.0 Å². The van der Waals surface area contributed by atoms with Crippen molar-refractivity contribution in [2.24, 2.45) is 4.99 Å². The van der Waals surface area contributed by atoms with Crippen molar-refractivity contribution in [3.8, 4) is 11.5 Å². The summed E-state index contributed by atoms with van der Waals surface area (Å²) in [6, 6.07) is 19.4. The second-order valence-corrected chi connectivity index (χ2v) is 8.98. The van der Waals surface area contributed by atoms with Crippen LogP contribution in [0.25, 0.3) is 0 Å². The number of benzene rings is 3. The molecule has 0 amide bonds. The zero-order valence-electron chi connectivity index (χ0n) is 16.5. The molecular formula is C23H22N2O4S. The summed E-state index contributed by atoms with van der Waals surface area (Å²) in [6.07, 6.45) is 2.35. The van der Waals surface area contributed by atoms with E-state index < -0.39 is 10.0 Å². The van der Waals surface area contributed by atoms with Crippen LogP contribution in [0.3, 0.4) is 0 Å². The van der Waals surface area contributed by atoms with Gasteiger partial charge in [0.25, 0.3) is 0 Å². The number of fused-ring (bicyclic) bond motifs is 1. The fourth-order valence-electron chi connectivity index (χ4n) is 3.45. The molecule has 154 valence electrons. The van der Waals surface area contributed by atoms with Crippen LogP contribution < -0.4 is 4.74 Å². The van der Waals surface area contributed by atoms with Crippen LogP contribution in [0.5, 0.6) is 11.5 Å². The fraction of sp³-hybridized carbons (Fsp3) is 0.174. The molecule has 0 radical (unpaired) electrons. The number of hydrogen-bond acceptors (Lipinski definition) is 5. The van der Waals surface area contributed by atoms with E-state index in [-0.39, 0.29) is 10.6 Å². The van der Waals surface area contributed by atoms with E-state index in [0.717, 1.165) is 11.1 Å². The number of sulfonamides is 1. The van der Waals surface area contributed by atoms with Crippen LogP contribution in [-0.2, 0) is 23.0 Å². The Morgan fingerprint density at radius 3 is 2.50 bits per heavy atom. The maximum atomic E-state index is 13.0. The first-order valence-corrected chi connectivity index (χ1v) is 11.0. The first-order valence-electron chi connectivity index (χ1n) is 9.55. The summed E-state index contributed by atoms with van der Waals surface area (Å²) in [5.74, 6) is 0.424. The molecule has 0 spiro atoms. The highest BCUT2D eigenvalue weighted by molar-refractivity contribution is 7.89. The highest BCUT2D eigenvalue weighted by Gasteiger charge is 2.28. The normalized spacial score (nSPS) is 14.6. The molecular weight excluding hydrogens is 400 g/mol. The number of rotatable bonds is 5. The second-order valence-electron chi connectivity index (χ2n) is 7.04. The predicted molar refractivity (Wildman–Crippen MR) is 116 cm³/mol. The fourth-order valence-corrected chi connectivity index (χ4v) is 4.87. The molecule has 30 heavy (non-hydrogen) atoms. The van der Waals surface area contributed by atoms with Crippen LogP contribution in [0.15, 0.2) is 76.6 Å². The lowest BCUT2D eigenvalue weighted by molar-refractivity contribution is 0.373. The Bertz CT molecular complexity index is 1190. The van der Waals surface area contributed by atoms with Crippen molar-refractivity contribution in [3.05, 3.63) is 83.4 Å². The summed E-state index contributed by atoms with van der Waals surface area (Å²) >= 11 is 0. The third-order valence-corrected chi connectivity index (χ3v) is 7.00. The van der Waals surface area contributed by atoms with Crippen molar-refractivity contribution in [1.29, 1.82) is 0 Å². The molecule has 1 aliphatic rings. The van der Waals surface area contributed by atoms with Gasteiger partial charge in [0, 0.05) is 19.3 Å². The highest BCUT2D eigenvalue weighted by Crippen LogP contribution is 2.27. The summed E-state index contributed by atoms with van der Waals surface area (Å²) < 4.78 is 32.7. The largest absolute Gasteiger partial charge is 0.504 e. The molecule has 3 aromatic carbocycles. The molecule has 0 fully saturated rings. The third-order valence-electron chi connectivity index (χ3n) is 5.14. The van der Waals surface area contributed by atoms with E-state index in [1.807, 2.05) is 18.2 Å². The molecule has 1 N–H and O–H groups in total. The van der Waals surface area contributed by atoms with Gasteiger partial charge < -0.3 is 9.84 Å². The van der Waals surface area contributed by atoms with Gasteiger partial charge in [0.1, 0.15) is 0 Å². The molecule has 1 aliphatic heterocycles. The van der Waals surface area contributed by atoms with E-state index in [1.54, 1.807) is 42.6 Å². The Morgan fingerprint density at radius 2 is 1.77 bits per heavy atom. The number of ether oxygens (including phenoxy) is 1. The predicted octanol–water partition coefficient (Wildman–Crippen LogP) is 3.90. The van der Waals surface area contributed by atoms with Crippen molar-refractivity contribution >= 4 is 21.9 Å². The molecule has 1 heterocycles. The average Bonchev–Trinajstić information content (AvgIpc) is 2.78. The van der Waals surface area contributed by atoms with Gasteiger partial charge in [-0.05, 0) is 65.6 Å². The number of aliphatic imine (C=N–C) groups is 1. The summed E-state index contributed by atoms with van der Waals surface area (Å²) in [6.45, 7) is 0.864. The van der Waals surface area contributed by atoms with Crippen molar-refractivity contribution in [3.63, 3.8) is 0 Å². The van der Waals surface area contributed by atoms with Crippen molar-refractivity contribution in [2.45, 2.75) is 17.9 Å². The monoisotopic (exact) mass is 422 g/mol. The molecule has 0 unspecified atom stereocenters. The third kappa shape index (κ3) is 4.08. The molecule has 0 bridgehead atoms. The molecule has 0 aliphatic carbocycles. The first kappa shape index (κ1) is 20.1. The number of nitrogens with zero attached hydrogens (tertiary/aromatic N) is 2. The standard InChI is InChI=1S/C23H22N2O4S/c1-29-23-14-17(6-11-22(23)26)15-24-20-7-9-21(10-8-20)30(27,28)25-13-12-18-4-2-3-5-19(18)16-25/h2-11,14-15,26H,12-13,16H2,1H3. The molecule has 0 aromatic heterocycles. The van der Waals surface area contributed by atoms with E-state index in [4.69, 9.17) is 4.74 Å². The summed E-state index contributed by atoms with van der Waals surface area (Å²) in [4.78, 5) is 4.63. The summed E-state index contributed by atoms with van der Waals surface area (Å²) in [7, 11) is -2.08. The van der Waals surface area contributed by atoms with Gasteiger partial charge in [0.15, 0.2) is 11.5 Å². The lowest BCUT2D eigenvalue weighted by Crippen LogP contribution is -2.35. The Morgan fingerprint density at radius 1 is 1.03 bits per heavy atom. The minimum Gasteiger partial charge on any atom is -0.504 e. The van der Waals surface area contributed by atoms with Crippen LogP contribution >= 0.6 is 0 Å². The summed E-state index contributed by atoms with van der Waals surface area (Å²) in [5, 5.41) is 9.66. The molecule has 6 nitrogen and oxygen atoms in total. The highest BCUT2D eigenvalue weighted by atomic mass is 32.2. The zero-order chi connectivity index (χ0) is 21.1. The maximum absolute atomic E-state index is 13.0. The lowest BCUT2D eigenvalue weighted by Gasteiger charge is -2.28. The van der Waals surface area contributed by atoms with E-state index in [0.29, 0.717) is 30.9 Å². The minimum atomic E-state index is -3.57. The maximum Gasteiger partial charge on any atom is 0.243 e. The van der Waals surface area contributed by atoms with Gasteiger partial charge in [0.2, 0.25) is 10.0 Å². The number of methoxy groups -OCH3 is 1. The molecule has 0 saturated carbocycles. The van der Waals surface area contributed by atoms with Gasteiger partial charge in [-0.1, -0.05) is 24.3 Å². The molecule has 0 atom stereocenters. The number of phenolic OH excluding ortho intramolecular Hbond substituents is 1. The first-order chi connectivity index (χ1) is 14.5. The second kappa shape index (κ2) is 8.30. The van der Waals surface area contributed by atoms with E-state index >= 15 is 0 Å². The SMILES string of the molecule is COc1cc(C=Nc2ccc(S(=O)(=O)N3CCc4ccccc4C3)cc2)ccc1O. The van der Waals surface area contributed by atoms with Crippen LogP contribution in [0.2, 0.25) is 0 Å². The Labute approximate surface area is 176 Å². The van der Waals surface area contributed by atoms with Crippen LogP contribution in [0, 0.1) is 0 Å². The topological polar surface area (TPSA) is 79.2 Å². The average molecular weight is 423 g/mol. The van der Waals surface area contributed by atoms with Crippen LogP contribution in [0.1, 0.15) is 16.7 Å². The van der Waals surface area contributed by atoms with Crippen LogP contribution in [-0.4, -0.2) is 37.7 Å². The quantitative estimate of drug-likeness (QED) is 0.633. The van der Waals surface area contributed by atoms with Gasteiger partial charge in [0.05, 0.1) is 17.7 Å². The van der Waals surface area contributed by atoms with Gasteiger partial charge >= 0.3 is 0 Å². The molecule has 3 aromatic rings. The smallest absolute Gasteiger partial charge is 0.243 e. The molecule has 7 heteroatoms. The molecule has 0 saturated heterocycles. The number of hydrogen-bond donors (Lipinski definition) is 1. The zero-order valence-corrected chi connectivity index (χ0v) is 17.3. The number of aromatic hydroxyl groups is 1. The van der Waals surface area contributed by atoms with Gasteiger partial charge in [-0.2, -0.15) is 4.31 Å². The van der Waals surface area contributed by atoms with Crippen molar-refractivity contribution in [1.82, 2.24) is 4.31 Å². The summed E-state index contributed by atoms with van der Waals surface area (Å²) in [5.41, 5.74) is 3.65. The van der Waals surface area contributed by atoms with Crippen LogP contribution in [0.4, 0.5) is 5.69 Å². The Balaban J connectivity index is 1.50. The molecule has 4 rings (SSSR count). The van der Waals surface area contributed by atoms with Gasteiger partial charge in [-0.15, -0.1) is 0 Å². The Kier molecular flexibility index (Phi) is 5.57. The van der Waals surface area contributed by atoms with Gasteiger partial charge in [-0.25, -0.2) is 8.42 Å². The van der Waals surface area contributed by atoms with E-state index in [9.17, 15) is 13.5 Å². The minimum absolute atomic E-state index is 0.0598. The Hall–Kier alpha value is -3.16. The lowest BCUT2D eigenvalue weighted by atomic mass is 10.0. The number of phenols is 1. The van der Waals surface area contributed by atoms with Gasteiger partial charge in [-0.3, -0.25) is 4.99 Å². The van der Waals surface area contributed by atoms with Crippen molar-refractivity contribution < 1.29 is 18.3 Å². The van der Waals surface area contributed by atoms with Crippen molar-refractivity contribution in [2.75, 3.05) is 13.7 Å². The van der Waals surface area contributed by atoms with E-state index in [2.05, 4.69) is 11.1 Å².